The van der Waals surface area contributed by atoms with E-state index in [0.29, 0.717) is 22.7 Å². The van der Waals surface area contributed by atoms with Crippen LogP contribution in [0.5, 0.6) is 5.75 Å². The topological polar surface area (TPSA) is 144 Å². The van der Waals surface area contributed by atoms with Crippen molar-refractivity contribution >= 4 is 29.1 Å². The van der Waals surface area contributed by atoms with Gasteiger partial charge in [0.05, 0.1) is 22.3 Å². The Bertz CT molecular complexity index is 1280. The summed E-state index contributed by atoms with van der Waals surface area (Å²) in [5.41, 5.74) is 6.36. The van der Waals surface area contributed by atoms with Gasteiger partial charge in [0.25, 0.3) is 5.91 Å². The maximum atomic E-state index is 14.7. The van der Waals surface area contributed by atoms with Gasteiger partial charge in [-0.3, -0.25) is 14.4 Å². The van der Waals surface area contributed by atoms with Crippen LogP contribution < -0.4 is 15.8 Å². The summed E-state index contributed by atoms with van der Waals surface area (Å²) in [6.45, 7) is 1.49. The molecule has 0 unspecified atom stereocenters. The largest absolute Gasteiger partial charge is 0.484 e. The molecule has 1 aromatic carbocycles. The van der Waals surface area contributed by atoms with Gasteiger partial charge in [0.2, 0.25) is 5.91 Å². The van der Waals surface area contributed by atoms with Crippen LogP contribution in [-0.4, -0.2) is 44.7 Å². The lowest BCUT2D eigenvalue weighted by Gasteiger charge is -2.14. The summed E-state index contributed by atoms with van der Waals surface area (Å²) < 4.78 is 25.0. The SMILES string of the molecule is C[C@@H](Oc1ccc(C(=O)C2CC2)nc1)c1cc(-c2ccc(C(=O)N[C@@H](CCO)C(N)=O)c(F)c2)ns1. The maximum absolute atomic E-state index is 14.7. The number of hydrogen-bond acceptors (Lipinski definition) is 8. The summed E-state index contributed by atoms with van der Waals surface area (Å²) >= 11 is 1.20. The van der Waals surface area contributed by atoms with Crippen LogP contribution in [0.2, 0.25) is 0 Å². The second-order valence-electron chi connectivity index (χ2n) is 8.53. The van der Waals surface area contributed by atoms with Crippen LogP contribution >= 0.6 is 11.5 Å². The van der Waals surface area contributed by atoms with Crippen molar-refractivity contribution in [3.8, 4) is 17.0 Å². The summed E-state index contributed by atoms with van der Waals surface area (Å²) in [5, 5.41) is 11.3. The maximum Gasteiger partial charge on any atom is 0.254 e. The minimum atomic E-state index is -1.10. The zero-order valence-electron chi connectivity index (χ0n) is 19.4. The zero-order valence-corrected chi connectivity index (χ0v) is 20.3. The summed E-state index contributed by atoms with van der Waals surface area (Å²) in [7, 11) is 0. The third-order valence-electron chi connectivity index (χ3n) is 5.75. The zero-order chi connectivity index (χ0) is 25.8. The number of ketones is 1. The van der Waals surface area contributed by atoms with Gasteiger partial charge in [0, 0.05) is 18.1 Å². The number of aromatic nitrogens is 2. The molecule has 4 rings (SSSR count). The molecular formula is C25H25FN4O5S. The fraction of sp³-hybridized carbons (Fsp3) is 0.320. The molecule has 2 amide bonds. The van der Waals surface area contributed by atoms with Crippen molar-refractivity contribution in [2.24, 2.45) is 11.7 Å². The predicted octanol–water partition coefficient (Wildman–Crippen LogP) is 3.04. The molecule has 2 atom stereocenters. The lowest BCUT2D eigenvalue weighted by atomic mass is 10.1. The minimum Gasteiger partial charge on any atom is -0.484 e. The Balaban J connectivity index is 1.41. The van der Waals surface area contributed by atoms with E-state index in [-0.39, 0.29) is 36.4 Å². The molecule has 0 radical (unpaired) electrons. The predicted molar refractivity (Wildman–Crippen MR) is 130 cm³/mol. The second-order valence-corrected chi connectivity index (χ2v) is 9.36. The summed E-state index contributed by atoms with van der Waals surface area (Å²) in [5.74, 6) is -1.74. The number of benzene rings is 1. The van der Waals surface area contributed by atoms with Crippen LogP contribution in [0.1, 0.15) is 58.0 Å². The standard InChI is InChI=1S/C25H25FN4O5S/c1-13(35-16-5-7-19(28-12-16)23(32)14-2-3-14)22-11-21(30-36-22)15-4-6-17(18(26)10-15)25(34)29-20(8-9-31)24(27)33/h4-7,10-14,20,31H,2-3,8-9H2,1H3,(H2,27,33)(H,29,34)/t13-,20+/m1/s1. The molecule has 0 spiro atoms. The Labute approximate surface area is 210 Å². The quantitative estimate of drug-likeness (QED) is 0.335. The van der Waals surface area contributed by atoms with E-state index in [9.17, 15) is 18.8 Å². The van der Waals surface area contributed by atoms with E-state index in [0.717, 1.165) is 17.7 Å². The normalized spacial score (nSPS) is 14.6. The van der Waals surface area contributed by atoms with E-state index in [1.807, 2.05) is 6.92 Å². The number of carbonyl (C=O) groups excluding carboxylic acids is 3. The van der Waals surface area contributed by atoms with Crippen LogP contribution in [0.4, 0.5) is 4.39 Å². The third kappa shape index (κ3) is 5.92. The van der Waals surface area contributed by atoms with E-state index in [2.05, 4.69) is 14.7 Å². The van der Waals surface area contributed by atoms with Gasteiger partial charge in [0.1, 0.15) is 29.4 Å². The average Bonchev–Trinajstić information content (AvgIpc) is 3.59. The number of primary amides is 1. The second kappa shape index (κ2) is 10.9. The molecule has 1 aliphatic carbocycles. The first-order valence-electron chi connectivity index (χ1n) is 11.4. The van der Waals surface area contributed by atoms with Gasteiger partial charge >= 0.3 is 0 Å². The number of halogens is 1. The van der Waals surface area contributed by atoms with Crippen molar-refractivity contribution < 1.29 is 28.6 Å². The van der Waals surface area contributed by atoms with Gasteiger partial charge in [0.15, 0.2) is 5.78 Å². The molecule has 2 aromatic heterocycles. The van der Waals surface area contributed by atoms with Gasteiger partial charge < -0.3 is 20.9 Å². The van der Waals surface area contributed by atoms with E-state index < -0.39 is 23.7 Å². The van der Waals surface area contributed by atoms with Gasteiger partial charge in [-0.1, -0.05) is 6.07 Å². The Hall–Kier alpha value is -3.70. The van der Waals surface area contributed by atoms with Crippen LogP contribution in [0.3, 0.4) is 0 Å². The first-order chi connectivity index (χ1) is 17.3. The number of nitrogens with two attached hydrogens (primary N) is 1. The van der Waals surface area contributed by atoms with Gasteiger partial charge in [-0.2, -0.15) is 4.37 Å². The van der Waals surface area contributed by atoms with Crippen LogP contribution in [0, 0.1) is 11.7 Å². The number of nitrogens with zero attached hydrogens (tertiary/aromatic N) is 2. The van der Waals surface area contributed by atoms with E-state index in [1.54, 1.807) is 24.3 Å². The van der Waals surface area contributed by atoms with E-state index in [4.69, 9.17) is 15.6 Å². The number of aliphatic hydroxyl groups is 1. The van der Waals surface area contributed by atoms with Crippen molar-refractivity contribution in [3.05, 3.63) is 64.5 Å². The van der Waals surface area contributed by atoms with Gasteiger partial charge in [-0.05, 0) is 68.1 Å². The highest BCUT2D eigenvalue weighted by molar-refractivity contribution is 7.06. The number of pyridine rings is 1. The monoisotopic (exact) mass is 512 g/mol. The van der Waals surface area contributed by atoms with E-state index in [1.165, 1.54) is 29.9 Å². The third-order valence-corrected chi connectivity index (χ3v) is 6.70. The molecule has 11 heteroatoms. The molecule has 1 saturated carbocycles. The molecule has 0 aliphatic heterocycles. The highest BCUT2D eigenvalue weighted by Crippen LogP contribution is 2.33. The number of ether oxygens (including phenoxy) is 1. The lowest BCUT2D eigenvalue weighted by Crippen LogP contribution is -2.45. The van der Waals surface area contributed by atoms with Crippen molar-refractivity contribution in [1.29, 1.82) is 0 Å². The highest BCUT2D eigenvalue weighted by Gasteiger charge is 2.31. The molecule has 1 aliphatic rings. The molecule has 2 heterocycles. The summed E-state index contributed by atoms with van der Waals surface area (Å²) in [4.78, 5) is 40.9. The molecule has 36 heavy (non-hydrogen) atoms. The lowest BCUT2D eigenvalue weighted by molar-refractivity contribution is -0.120. The number of aliphatic hydroxyl groups excluding tert-OH is 1. The number of Topliss-reactive ketones (excluding diaryl/α,β-unsaturated/α-hetero) is 1. The smallest absolute Gasteiger partial charge is 0.254 e. The van der Waals surface area contributed by atoms with Crippen LogP contribution in [0.15, 0.2) is 42.6 Å². The van der Waals surface area contributed by atoms with E-state index >= 15 is 0 Å². The average molecular weight is 513 g/mol. The van der Waals surface area contributed by atoms with Crippen molar-refractivity contribution in [2.75, 3.05) is 6.61 Å². The Morgan fingerprint density at radius 3 is 2.64 bits per heavy atom. The van der Waals surface area contributed by atoms with Crippen molar-refractivity contribution in [1.82, 2.24) is 14.7 Å². The summed E-state index contributed by atoms with van der Waals surface area (Å²) in [6, 6.07) is 8.07. The van der Waals surface area contributed by atoms with Gasteiger partial charge in [-0.25, -0.2) is 9.37 Å². The molecule has 1 fully saturated rings. The van der Waals surface area contributed by atoms with Crippen molar-refractivity contribution in [3.63, 3.8) is 0 Å². The Morgan fingerprint density at radius 1 is 1.25 bits per heavy atom. The molecule has 3 aromatic rings. The number of rotatable bonds is 11. The molecule has 0 bridgehead atoms. The van der Waals surface area contributed by atoms with Crippen molar-refractivity contribution in [2.45, 2.75) is 38.3 Å². The summed E-state index contributed by atoms with van der Waals surface area (Å²) in [6.07, 6.45) is 2.93. The molecule has 4 N–H and O–H groups in total. The number of amides is 2. The number of carbonyl (C=O) groups is 3. The molecule has 188 valence electrons. The number of hydrogen-bond donors (Lipinski definition) is 3. The Morgan fingerprint density at radius 2 is 2.03 bits per heavy atom. The number of nitrogens with one attached hydrogen (secondary N) is 1. The Kier molecular flexibility index (Phi) is 7.70. The first kappa shape index (κ1) is 25.4. The minimum absolute atomic E-state index is 0.0651. The molecule has 0 saturated heterocycles. The first-order valence-corrected chi connectivity index (χ1v) is 12.2. The highest BCUT2D eigenvalue weighted by atomic mass is 32.1. The van der Waals surface area contributed by atoms with Crippen LogP contribution in [0.25, 0.3) is 11.3 Å². The van der Waals surface area contributed by atoms with Crippen LogP contribution in [-0.2, 0) is 4.79 Å². The van der Waals surface area contributed by atoms with Gasteiger partial charge in [-0.15, -0.1) is 0 Å². The fourth-order valence-corrected chi connectivity index (χ4v) is 4.26. The molecular weight excluding hydrogens is 487 g/mol. The fourth-order valence-electron chi connectivity index (χ4n) is 3.54. The molecule has 9 nitrogen and oxygen atoms in total.